The van der Waals surface area contributed by atoms with Gasteiger partial charge in [0.05, 0.1) is 6.54 Å². The van der Waals surface area contributed by atoms with Crippen LogP contribution < -0.4 is 16.0 Å². The molecule has 0 saturated carbocycles. The van der Waals surface area contributed by atoms with Gasteiger partial charge in [-0.15, -0.1) is 0 Å². The first-order chi connectivity index (χ1) is 9.46. The van der Waals surface area contributed by atoms with E-state index >= 15 is 0 Å². The van der Waals surface area contributed by atoms with Crippen LogP contribution in [0.15, 0.2) is 35.3 Å². The quantitative estimate of drug-likeness (QED) is 0.770. The van der Waals surface area contributed by atoms with Crippen LogP contribution in [0, 0.1) is 0 Å². The van der Waals surface area contributed by atoms with Crippen LogP contribution in [0.1, 0.15) is 39.3 Å². The standard InChI is InChI=1S/C16H26N4/c1-12-10-17-15(19-12)18-11-16(3,4)20-13(2)14-8-6-5-7-9-14/h5-9,12-13,20H,10-11H2,1-4H3,(H2,17,18,19). The molecule has 0 fully saturated rings. The highest BCUT2D eigenvalue weighted by Gasteiger charge is 2.22. The minimum Gasteiger partial charge on any atom is -0.355 e. The van der Waals surface area contributed by atoms with E-state index in [4.69, 9.17) is 0 Å². The first kappa shape index (κ1) is 14.9. The van der Waals surface area contributed by atoms with Crippen molar-refractivity contribution in [1.82, 2.24) is 16.0 Å². The van der Waals surface area contributed by atoms with Gasteiger partial charge in [-0.05, 0) is 33.3 Å². The maximum Gasteiger partial charge on any atom is 0.191 e. The normalized spacial score (nSPS) is 20.2. The molecular formula is C16H26N4. The molecule has 1 heterocycles. The number of nitrogens with zero attached hydrogens (tertiary/aromatic N) is 1. The van der Waals surface area contributed by atoms with Gasteiger partial charge in [0.25, 0.3) is 0 Å². The van der Waals surface area contributed by atoms with Crippen LogP contribution in [-0.2, 0) is 0 Å². The lowest BCUT2D eigenvalue weighted by atomic mass is 10.0. The molecule has 2 atom stereocenters. The van der Waals surface area contributed by atoms with Gasteiger partial charge < -0.3 is 16.0 Å². The van der Waals surface area contributed by atoms with Crippen molar-refractivity contribution in [1.29, 1.82) is 0 Å². The molecule has 0 aliphatic carbocycles. The largest absolute Gasteiger partial charge is 0.355 e. The molecule has 0 amide bonds. The summed E-state index contributed by atoms with van der Waals surface area (Å²) < 4.78 is 0. The first-order valence-electron chi connectivity index (χ1n) is 7.34. The molecule has 110 valence electrons. The summed E-state index contributed by atoms with van der Waals surface area (Å²) in [7, 11) is 0. The average molecular weight is 274 g/mol. The molecule has 2 rings (SSSR count). The van der Waals surface area contributed by atoms with Gasteiger partial charge in [-0.25, -0.2) is 0 Å². The van der Waals surface area contributed by atoms with Crippen molar-refractivity contribution in [3.63, 3.8) is 0 Å². The Morgan fingerprint density at radius 1 is 1.35 bits per heavy atom. The second-order valence-corrected chi connectivity index (χ2v) is 6.25. The van der Waals surface area contributed by atoms with Crippen LogP contribution in [-0.4, -0.2) is 30.6 Å². The minimum atomic E-state index is -0.00864. The molecule has 0 radical (unpaired) electrons. The maximum absolute atomic E-state index is 4.42. The molecule has 1 aromatic carbocycles. The Hall–Kier alpha value is -1.55. The lowest BCUT2D eigenvalue weighted by Crippen LogP contribution is -2.51. The minimum absolute atomic E-state index is 0.00864. The van der Waals surface area contributed by atoms with Gasteiger partial charge in [0.2, 0.25) is 0 Å². The number of guanidine groups is 1. The summed E-state index contributed by atoms with van der Waals surface area (Å²) >= 11 is 0. The van der Waals surface area contributed by atoms with Crippen molar-refractivity contribution < 1.29 is 0 Å². The smallest absolute Gasteiger partial charge is 0.191 e. The predicted molar refractivity (Wildman–Crippen MR) is 85.0 cm³/mol. The van der Waals surface area contributed by atoms with Gasteiger partial charge in [0.15, 0.2) is 5.96 Å². The summed E-state index contributed by atoms with van der Waals surface area (Å²) in [6.45, 7) is 10.4. The van der Waals surface area contributed by atoms with E-state index in [1.54, 1.807) is 0 Å². The van der Waals surface area contributed by atoms with E-state index in [0.29, 0.717) is 12.1 Å². The third-order valence-electron chi connectivity index (χ3n) is 3.51. The summed E-state index contributed by atoms with van der Waals surface area (Å²) in [5.74, 6) is 0.916. The monoisotopic (exact) mass is 274 g/mol. The summed E-state index contributed by atoms with van der Waals surface area (Å²) in [6, 6.07) is 11.3. The highest BCUT2D eigenvalue weighted by Crippen LogP contribution is 2.15. The number of rotatable bonds is 5. The molecule has 0 aromatic heterocycles. The van der Waals surface area contributed by atoms with Gasteiger partial charge >= 0.3 is 0 Å². The summed E-state index contributed by atoms with van der Waals surface area (Å²) in [5, 5.41) is 10.4. The molecule has 0 bridgehead atoms. The fourth-order valence-corrected chi connectivity index (χ4v) is 2.43. The number of nitrogens with one attached hydrogen (secondary N) is 3. The lowest BCUT2D eigenvalue weighted by molar-refractivity contribution is 0.345. The Bertz CT molecular complexity index is 453. The Morgan fingerprint density at radius 3 is 2.65 bits per heavy atom. The van der Waals surface area contributed by atoms with Gasteiger partial charge in [0, 0.05) is 24.2 Å². The van der Waals surface area contributed by atoms with Gasteiger partial charge in [-0.2, -0.15) is 0 Å². The third kappa shape index (κ3) is 4.23. The molecule has 1 aliphatic heterocycles. The molecule has 0 saturated heterocycles. The fraction of sp³-hybridized carbons (Fsp3) is 0.562. The van der Waals surface area contributed by atoms with Crippen molar-refractivity contribution in [2.75, 3.05) is 13.1 Å². The van der Waals surface area contributed by atoms with E-state index in [1.165, 1.54) is 5.56 Å². The molecule has 0 spiro atoms. The lowest BCUT2D eigenvalue weighted by Gasteiger charge is -2.31. The first-order valence-corrected chi connectivity index (χ1v) is 7.34. The molecule has 4 nitrogen and oxygen atoms in total. The van der Waals surface area contributed by atoms with Crippen LogP contribution in [0.25, 0.3) is 0 Å². The van der Waals surface area contributed by atoms with Crippen LogP contribution in [0.4, 0.5) is 0 Å². The van der Waals surface area contributed by atoms with Crippen molar-refractivity contribution >= 4 is 5.96 Å². The van der Waals surface area contributed by atoms with Crippen LogP contribution in [0.2, 0.25) is 0 Å². The number of hydrogen-bond acceptors (Lipinski definition) is 4. The van der Waals surface area contributed by atoms with E-state index in [0.717, 1.165) is 19.0 Å². The Labute approximate surface area is 122 Å². The molecule has 4 heteroatoms. The summed E-state index contributed by atoms with van der Waals surface area (Å²) in [5.41, 5.74) is 1.30. The Balaban J connectivity index is 1.84. The topological polar surface area (TPSA) is 48.5 Å². The van der Waals surface area contributed by atoms with E-state index in [-0.39, 0.29) is 5.54 Å². The van der Waals surface area contributed by atoms with Crippen molar-refractivity contribution in [3.05, 3.63) is 35.9 Å². The highest BCUT2D eigenvalue weighted by atomic mass is 15.2. The zero-order valence-electron chi connectivity index (χ0n) is 12.9. The van der Waals surface area contributed by atoms with E-state index in [9.17, 15) is 0 Å². The van der Waals surface area contributed by atoms with Gasteiger partial charge in [-0.3, -0.25) is 4.99 Å². The molecule has 3 N–H and O–H groups in total. The van der Waals surface area contributed by atoms with E-state index in [1.807, 2.05) is 6.07 Å². The van der Waals surface area contributed by atoms with Crippen LogP contribution in [0.3, 0.4) is 0 Å². The average Bonchev–Trinajstić information content (AvgIpc) is 2.83. The third-order valence-corrected chi connectivity index (χ3v) is 3.51. The van der Waals surface area contributed by atoms with Crippen LogP contribution >= 0.6 is 0 Å². The van der Waals surface area contributed by atoms with Gasteiger partial charge in [0.1, 0.15) is 0 Å². The number of benzene rings is 1. The van der Waals surface area contributed by atoms with E-state index < -0.39 is 0 Å². The number of hydrogen-bond donors (Lipinski definition) is 3. The zero-order chi connectivity index (χ0) is 14.6. The predicted octanol–water partition coefficient (Wildman–Crippen LogP) is 2.05. The zero-order valence-corrected chi connectivity index (χ0v) is 12.9. The van der Waals surface area contributed by atoms with Crippen molar-refractivity contribution in [3.8, 4) is 0 Å². The highest BCUT2D eigenvalue weighted by molar-refractivity contribution is 5.81. The van der Waals surface area contributed by atoms with Crippen molar-refractivity contribution in [2.45, 2.75) is 45.3 Å². The molecule has 2 unspecified atom stereocenters. The Morgan fingerprint density at radius 2 is 2.05 bits per heavy atom. The van der Waals surface area contributed by atoms with Crippen molar-refractivity contribution in [2.24, 2.45) is 4.99 Å². The van der Waals surface area contributed by atoms with Crippen LogP contribution in [0.5, 0.6) is 0 Å². The molecule has 1 aliphatic rings. The fourth-order valence-electron chi connectivity index (χ4n) is 2.43. The SMILES string of the molecule is CC1CN=C(NCC(C)(C)NC(C)c2ccccc2)N1. The maximum atomic E-state index is 4.42. The van der Waals surface area contributed by atoms with Gasteiger partial charge in [-0.1, -0.05) is 30.3 Å². The molecule has 20 heavy (non-hydrogen) atoms. The molecule has 1 aromatic rings. The summed E-state index contributed by atoms with van der Waals surface area (Å²) in [4.78, 5) is 4.42. The summed E-state index contributed by atoms with van der Waals surface area (Å²) in [6.07, 6.45) is 0. The second kappa shape index (κ2) is 6.27. The molecular weight excluding hydrogens is 248 g/mol. The second-order valence-electron chi connectivity index (χ2n) is 6.25. The van der Waals surface area contributed by atoms with E-state index in [2.05, 4.69) is 72.9 Å². The number of aliphatic imine (C=N–C) groups is 1. The Kier molecular flexibility index (Phi) is 4.65.